The fourth-order valence-corrected chi connectivity index (χ4v) is 1.91. The Morgan fingerprint density at radius 3 is 2.80 bits per heavy atom. The molecule has 0 radical (unpaired) electrons. The van der Waals surface area contributed by atoms with Crippen LogP contribution in [-0.4, -0.2) is 17.8 Å². The lowest BCUT2D eigenvalue weighted by Gasteiger charge is -2.24. The molecule has 15 heavy (non-hydrogen) atoms. The molecule has 1 aliphatic heterocycles. The SMILES string of the molecule is Cc1cc(=O)n(C2CCOCC2)cc1N. The quantitative estimate of drug-likeness (QED) is 0.751. The first-order valence-electron chi connectivity index (χ1n) is 5.24. The highest BCUT2D eigenvalue weighted by Gasteiger charge is 2.16. The molecule has 0 unspecified atom stereocenters. The van der Waals surface area contributed by atoms with Crippen LogP contribution in [0.15, 0.2) is 17.1 Å². The Morgan fingerprint density at radius 2 is 2.13 bits per heavy atom. The average Bonchev–Trinajstić information content (AvgIpc) is 2.25. The van der Waals surface area contributed by atoms with Crippen molar-refractivity contribution >= 4 is 5.69 Å². The summed E-state index contributed by atoms with van der Waals surface area (Å²) in [6, 6.07) is 1.85. The van der Waals surface area contributed by atoms with Crippen LogP contribution in [0.25, 0.3) is 0 Å². The summed E-state index contributed by atoms with van der Waals surface area (Å²) < 4.78 is 7.01. The van der Waals surface area contributed by atoms with Crippen molar-refractivity contribution in [3.05, 3.63) is 28.2 Å². The van der Waals surface area contributed by atoms with Crippen LogP contribution < -0.4 is 11.3 Å². The highest BCUT2D eigenvalue weighted by molar-refractivity contribution is 5.43. The molecule has 0 aliphatic carbocycles. The number of hydrogen-bond donors (Lipinski definition) is 1. The summed E-state index contributed by atoms with van der Waals surface area (Å²) in [5.41, 5.74) is 7.37. The van der Waals surface area contributed by atoms with Crippen LogP contribution in [0, 0.1) is 6.92 Å². The number of hydrogen-bond acceptors (Lipinski definition) is 3. The van der Waals surface area contributed by atoms with Crippen LogP contribution in [0.3, 0.4) is 0 Å². The van der Waals surface area contributed by atoms with Gasteiger partial charge in [-0.1, -0.05) is 0 Å². The first-order valence-corrected chi connectivity index (χ1v) is 5.24. The molecular weight excluding hydrogens is 192 g/mol. The van der Waals surface area contributed by atoms with E-state index in [9.17, 15) is 4.79 Å². The predicted octanol–water partition coefficient (Wildman–Crippen LogP) is 1.09. The fraction of sp³-hybridized carbons (Fsp3) is 0.545. The van der Waals surface area contributed by atoms with Crippen molar-refractivity contribution in [1.82, 2.24) is 4.57 Å². The molecule has 2 rings (SSSR count). The van der Waals surface area contributed by atoms with Gasteiger partial charge in [-0.2, -0.15) is 0 Å². The number of ether oxygens (including phenoxy) is 1. The Balaban J connectivity index is 2.34. The molecule has 0 aromatic carbocycles. The van der Waals surface area contributed by atoms with Gasteiger partial charge in [-0.05, 0) is 25.3 Å². The summed E-state index contributed by atoms with van der Waals surface area (Å²) >= 11 is 0. The Hall–Kier alpha value is -1.29. The minimum absolute atomic E-state index is 0.0357. The average molecular weight is 208 g/mol. The van der Waals surface area contributed by atoms with Gasteiger partial charge in [-0.3, -0.25) is 4.79 Å². The lowest BCUT2D eigenvalue weighted by molar-refractivity contribution is 0.0687. The van der Waals surface area contributed by atoms with Gasteiger partial charge in [0.2, 0.25) is 0 Å². The van der Waals surface area contributed by atoms with Crippen LogP contribution >= 0.6 is 0 Å². The molecule has 0 amide bonds. The van der Waals surface area contributed by atoms with Crippen LogP contribution in [0.2, 0.25) is 0 Å². The molecule has 4 nitrogen and oxygen atoms in total. The van der Waals surface area contributed by atoms with Gasteiger partial charge >= 0.3 is 0 Å². The summed E-state index contributed by atoms with van der Waals surface area (Å²) in [6.07, 6.45) is 3.54. The third kappa shape index (κ3) is 2.04. The lowest BCUT2D eigenvalue weighted by Crippen LogP contribution is -2.29. The molecule has 1 saturated heterocycles. The number of aromatic nitrogens is 1. The van der Waals surface area contributed by atoms with E-state index < -0.39 is 0 Å². The Morgan fingerprint density at radius 1 is 1.47 bits per heavy atom. The number of nitrogens with two attached hydrogens (primary N) is 1. The highest BCUT2D eigenvalue weighted by atomic mass is 16.5. The smallest absolute Gasteiger partial charge is 0.251 e. The van der Waals surface area contributed by atoms with Crippen molar-refractivity contribution in [3.63, 3.8) is 0 Å². The van der Waals surface area contributed by atoms with E-state index in [0.29, 0.717) is 5.69 Å². The summed E-state index contributed by atoms with van der Waals surface area (Å²) in [5.74, 6) is 0. The molecule has 4 heteroatoms. The van der Waals surface area contributed by atoms with E-state index in [1.54, 1.807) is 16.8 Å². The number of nitrogen functional groups attached to an aromatic ring is 1. The Bertz CT molecular complexity index is 406. The van der Waals surface area contributed by atoms with Crippen molar-refractivity contribution < 1.29 is 4.74 Å². The first-order chi connectivity index (χ1) is 7.18. The van der Waals surface area contributed by atoms with Crippen molar-refractivity contribution in [1.29, 1.82) is 0 Å². The van der Waals surface area contributed by atoms with Gasteiger partial charge in [0.05, 0.1) is 5.69 Å². The van der Waals surface area contributed by atoms with Crippen LogP contribution in [0.4, 0.5) is 5.69 Å². The van der Waals surface area contributed by atoms with E-state index in [4.69, 9.17) is 10.5 Å². The molecule has 0 saturated carbocycles. The number of anilines is 1. The molecule has 2 N–H and O–H groups in total. The van der Waals surface area contributed by atoms with Crippen molar-refractivity contribution in [2.24, 2.45) is 0 Å². The maximum Gasteiger partial charge on any atom is 0.251 e. The van der Waals surface area contributed by atoms with Crippen LogP contribution in [-0.2, 0) is 4.74 Å². The van der Waals surface area contributed by atoms with Crippen LogP contribution in [0.1, 0.15) is 24.4 Å². The molecule has 82 valence electrons. The summed E-state index contributed by atoms with van der Waals surface area (Å²) in [6.45, 7) is 3.31. The molecule has 2 heterocycles. The van der Waals surface area contributed by atoms with Gasteiger partial charge in [0, 0.05) is 31.5 Å². The second-order valence-electron chi connectivity index (χ2n) is 4.00. The Labute approximate surface area is 88.7 Å². The van der Waals surface area contributed by atoms with Crippen molar-refractivity contribution in [2.75, 3.05) is 18.9 Å². The molecule has 1 aromatic heterocycles. The van der Waals surface area contributed by atoms with Crippen molar-refractivity contribution in [3.8, 4) is 0 Å². The summed E-state index contributed by atoms with van der Waals surface area (Å²) in [7, 11) is 0. The molecule has 1 aromatic rings. The van der Waals surface area contributed by atoms with E-state index in [2.05, 4.69) is 0 Å². The highest BCUT2D eigenvalue weighted by Crippen LogP contribution is 2.20. The van der Waals surface area contributed by atoms with E-state index >= 15 is 0 Å². The zero-order valence-electron chi connectivity index (χ0n) is 8.90. The van der Waals surface area contributed by atoms with Gasteiger partial charge in [0.25, 0.3) is 5.56 Å². The predicted molar refractivity (Wildman–Crippen MR) is 58.9 cm³/mol. The number of nitrogens with zero attached hydrogens (tertiary/aromatic N) is 1. The van der Waals surface area contributed by atoms with Crippen molar-refractivity contribution in [2.45, 2.75) is 25.8 Å². The lowest BCUT2D eigenvalue weighted by atomic mass is 10.1. The summed E-state index contributed by atoms with van der Waals surface area (Å²) in [5, 5.41) is 0. The largest absolute Gasteiger partial charge is 0.397 e. The molecular formula is C11H16N2O2. The van der Waals surface area contributed by atoms with Gasteiger partial charge < -0.3 is 15.0 Å². The zero-order valence-corrected chi connectivity index (χ0v) is 8.90. The monoisotopic (exact) mass is 208 g/mol. The number of aryl methyl sites for hydroxylation is 1. The van der Waals surface area contributed by atoms with Gasteiger partial charge in [0.15, 0.2) is 0 Å². The maximum absolute atomic E-state index is 11.8. The normalized spacial score (nSPS) is 17.9. The standard InChI is InChI=1S/C11H16N2O2/c1-8-6-11(14)13(7-10(8)12)9-2-4-15-5-3-9/h6-7,9H,2-5,12H2,1H3. The minimum atomic E-state index is 0.0357. The number of pyridine rings is 1. The number of rotatable bonds is 1. The maximum atomic E-state index is 11.8. The molecule has 0 atom stereocenters. The molecule has 0 bridgehead atoms. The molecule has 0 spiro atoms. The summed E-state index contributed by atoms with van der Waals surface area (Å²) in [4.78, 5) is 11.8. The van der Waals surface area contributed by atoms with Gasteiger partial charge in [-0.25, -0.2) is 0 Å². The fourth-order valence-electron chi connectivity index (χ4n) is 1.91. The second-order valence-corrected chi connectivity index (χ2v) is 4.00. The van der Waals surface area contributed by atoms with E-state index in [-0.39, 0.29) is 11.6 Å². The van der Waals surface area contributed by atoms with Gasteiger partial charge in [-0.15, -0.1) is 0 Å². The van der Waals surface area contributed by atoms with Crippen LogP contribution in [0.5, 0.6) is 0 Å². The van der Waals surface area contributed by atoms with Gasteiger partial charge in [0.1, 0.15) is 0 Å². The van der Waals surface area contributed by atoms with E-state index in [0.717, 1.165) is 31.6 Å². The second kappa shape index (κ2) is 4.06. The third-order valence-electron chi connectivity index (χ3n) is 2.91. The topological polar surface area (TPSA) is 57.2 Å². The van der Waals surface area contributed by atoms with E-state index in [1.165, 1.54) is 0 Å². The third-order valence-corrected chi connectivity index (χ3v) is 2.91. The zero-order chi connectivity index (χ0) is 10.8. The first kappa shape index (κ1) is 10.2. The Kier molecular flexibility index (Phi) is 2.77. The van der Waals surface area contributed by atoms with E-state index in [1.807, 2.05) is 6.92 Å². The molecule has 1 aliphatic rings. The minimum Gasteiger partial charge on any atom is -0.397 e. The molecule has 1 fully saturated rings.